The van der Waals surface area contributed by atoms with Crippen LogP contribution < -0.4 is 4.74 Å². The molecule has 2 aromatic rings. The van der Waals surface area contributed by atoms with E-state index < -0.39 is 23.4 Å². The first-order valence-electron chi connectivity index (χ1n) is 6.09. The standard InChI is InChI=1S/C15H11F3O3/c1-2-21-13-4-3-8(5-10(13)15(19)20)9-6-11(16)14(18)12(17)7-9/h3-7H,2H2,1H3,(H,19,20). The van der Waals surface area contributed by atoms with Gasteiger partial charge in [0.15, 0.2) is 17.5 Å². The number of carboxylic acid groups (broad SMARTS) is 1. The van der Waals surface area contributed by atoms with Gasteiger partial charge in [-0.2, -0.15) is 0 Å². The number of rotatable bonds is 4. The molecular weight excluding hydrogens is 285 g/mol. The first-order valence-corrected chi connectivity index (χ1v) is 6.09. The van der Waals surface area contributed by atoms with E-state index in [9.17, 15) is 18.0 Å². The van der Waals surface area contributed by atoms with Crippen LogP contribution in [0.1, 0.15) is 17.3 Å². The fourth-order valence-electron chi connectivity index (χ4n) is 1.88. The zero-order chi connectivity index (χ0) is 15.6. The van der Waals surface area contributed by atoms with Crippen LogP contribution in [-0.2, 0) is 0 Å². The van der Waals surface area contributed by atoms with Crippen LogP contribution in [0.4, 0.5) is 13.2 Å². The van der Waals surface area contributed by atoms with Crippen molar-refractivity contribution in [3.63, 3.8) is 0 Å². The van der Waals surface area contributed by atoms with Gasteiger partial charge in [0.25, 0.3) is 0 Å². The second-order valence-electron chi connectivity index (χ2n) is 4.20. The Morgan fingerprint density at radius 3 is 2.24 bits per heavy atom. The summed E-state index contributed by atoms with van der Waals surface area (Å²) in [5.74, 6) is -5.32. The van der Waals surface area contributed by atoms with Crippen LogP contribution in [0.3, 0.4) is 0 Å². The third-order valence-electron chi connectivity index (χ3n) is 2.83. The molecule has 2 aromatic carbocycles. The first-order chi connectivity index (χ1) is 9.93. The predicted molar refractivity (Wildman–Crippen MR) is 69.9 cm³/mol. The zero-order valence-corrected chi connectivity index (χ0v) is 11.0. The molecule has 0 aliphatic heterocycles. The first kappa shape index (κ1) is 14.9. The van der Waals surface area contributed by atoms with Crippen molar-refractivity contribution in [2.45, 2.75) is 6.92 Å². The Balaban J connectivity index is 2.55. The van der Waals surface area contributed by atoms with Gasteiger partial charge in [0.1, 0.15) is 11.3 Å². The van der Waals surface area contributed by atoms with Crippen LogP contribution in [0.5, 0.6) is 5.75 Å². The lowest BCUT2D eigenvalue weighted by atomic mass is 10.0. The van der Waals surface area contributed by atoms with Crippen molar-refractivity contribution >= 4 is 5.97 Å². The Bertz CT molecular complexity index is 676. The summed E-state index contributed by atoms with van der Waals surface area (Å²) in [7, 11) is 0. The third kappa shape index (κ3) is 2.99. The highest BCUT2D eigenvalue weighted by Crippen LogP contribution is 2.29. The average Bonchev–Trinajstić information content (AvgIpc) is 2.44. The van der Waals surface area contributed by atoms with Crippen molar-refractivity contribution in [1.82, 2.24) is 0 Å². The number of ether oxygens (including phenoxy) is 1. The number of carbonyl (C=O) groups is 1. The van der Waals surface area contributed by atoms with Gasteiger partial charge in [-0.25, -0.2) is 18.0 Å². The van der Waals surface area contributed by atoms with Crippen LogP contribution in [-0.4, -0.2) is 17.7 Å². The van der Waals surface area contributed by atoms with E-state index in [0.717, 1.165) is 12.1 Å². The number of hydrogen-bond donors (Lipinski definition) is 1. The molecule has 0 radical (unpaired) electrons. The Labute approximate surface area is 118 Å². The normalized spacial score (nSPS) is 10.5. The topological polar surface area (TPSA) is 46.5 Å². The molecule has 6 heteroatoms. The largest absolute Gasteiger partial charge is 0.493 e. The molecule has 0 amide bonds. The van der Waals surface area contributed by atoms with Gasteiger partial charge in [0.05, 0.1) is 6.61 Å². The SMILES string of the molecule is CCOc1ccc(-c2cc(F)c(F)c(F)c2)cc1C(=O)O. The van der Waals surface area contributed by atoms with Crippen LogP contribution >= 0.6 is 0 Å². The van der Waals surface area contributed by atoms with E-state index in [2.05, 4.69) is 0 Å². The highest BCUT2D eigenvalue weighted by molar-refractivity contribution is 5.92. The van der Waals surface area contributed by atoms with Crippen LogP contribution in [0.15, 0.2) is 30.3 Å². The van der Waals surface area contributed by atoms with Gasteiger partial charge in [-0.05, 0) is 42.3 Å². The van der Waals surface area contributed by atoms with Gasteiger partial charge in [-0.15, -0.1) is 0 Å². The molecule has 0 bridgehead atoms. The van der Waals surface area contributed by atoms with Crippen molar-refractivity contribution in [3.8, 4) is 16.9 Å². The summed E-state index contributed by atoms with van der Waals surface area (Å²) < 4.78 is 44.6. The molecule has 0 aromatic heterocycles. The van der Waals surface area contributed by atoms with Gasteiger partial charge in [0, 0.05) is 0 Å². The molecule has 0 fully saturated rings. The van der Waals surface area contributed by atoms with Crippen molar-refractivity contribution in [2.24, 2.45) is 0 Å². The van der Waals surface area contributed by atoms with Crippen molar-refractivity contribution in [2.75, 3.05) is 6.61 Å². The molecule has 0 spiro atoms. The van der Waals surface area contributed by atoms with Crippen molar-refractivity contribution in [3.05, 3.63) is 53.3 Å². The Hall–Kier alpha value is -2.50. The van der Waals surface area contributed by atoms with Crippen molar-refractivity contribution < 1.29 is 27.8 Å². The molecule has 0 heterocycles. The smallest absolute Gasteiger partial charge is 0.339 e. The van der Waals surface area contributed by atoms with E-state index in [4.69, 9.17) is 9.84 Å². The highest BCUT2D eigenvalue weighted by atomic mass is 19.2. The minimum Gasteiger partial charge on any atom is -0.493 e. The summed E-state index contributed by atoms with van der Waals surface area (Å²) in [6.45, 7) is 1.98. The summed E-state index contributed by atoms with van der Waals surface area (Å²) >= 11 is 0. The second kappa shape index (κ2) is 5.87. The molecule has 21 heavy (non-hydrogen) atoms. The third-order valence-corrected chi connectivity index (χ3v) is 2.83. The summed E-state index contributed by atoms with van der Waals surface area (Å²) in [5, 5.41) is 9.13. The maximum Gasteiger partial charge on any atom is 0.339 e. The summed E-state index contributed by atoms with van der Waals surface area (Å²) in [5.41, 5.74) is 0.144. The van der Waals surface area contributed by atoms with E-state index >= 15 is 0 Å². The lowest BCUT2D eigenvalue weighted by molar-refractivity contribution is 0.0692. The van der Waals surface area contributed by atoms with Gasteiger partial charge in [0.2, 0.25) is 0 Å². The predicted octanol–water partition coefficient (Wildman–Crippen LogP) is 3.87. The molecule has 1 N–H and O–H groups in total. The molecular formula is C15H11F3O3. The minimum atomic E-state index is -1.57. The van der Waals surface area contributed by atoms with Gasteiger partial charge >= 0.3 is 5.97 Å². The molecule has 0 aliphatic rings. The van der Waals surface area contributed by atoms with E-state index in [1.807, 2.05) is 0 Å². The summed E-state index contributed by atoms with van der Waals surface area (Å²) in [6, 6.07) is 5.67. The molecule has 0 unspecified atom stereocenters. The molecule has 3 nitrogen and oxygen atoms in total. The average molecular weight is 296 g/mol. The fourth-order valence-corrected chi connectivity index (χ4v) is 1.88. The maximum absolute atomic E-state index is 13.2. The van der Waals surface area contributed by atoms with Crippen LogP contribution in [0.25, 0.3) is 11.1 Å². The molecule has 0 saturated heterocycles. The van der Waals surface area contributed by atoms with Crippen LogP contribution in [0.2, 0.25) is 0 Å². The molecule has 110 valence electrons. The maximum atomic E-state index is 13.2. The number of hydrogen-bond acceptors (Lipinski definition) is 2. The van der Waals surface area contributed by atoms with E-state index in [0.29, 0.717) is 0 Å². The van der Waals surface area contributed by atoms with Gasteiger partial charge in [-0.3, -0.25) is 0 Å². The van der Waals surface area contributed by atoms with E-state index in [1.165, 1.54) is 18.2 Å². The number of benzene rings is 2. The second-order valence-corrected chi connectivity index (χ2v) is 4.20. The van der Waals surface area contributed by atoms with Crippen molar-refractivity contribution in [1.29, 1.82) is 0 Å². The summed E-state index contributed by atoms with van der Waals surface area (Å²) in [6.07, 6.45) is 0. The lowest BCUT2D eigenvalue weighted by Gasteiger charge is -2.10. The molecule has 0 saturated carbocycles. The number of halogens is 3. The number of aromatic carboxylic acids is 1. The van der Waals surface area contributed by atoms with E-state index in [-0.39, 0.29) is 29.0 Å². The highest BCUT2D eigenvalue weighted by Gasteiger charge is 2.15. The molecule has 2 rings (SSSR count). The zero-order valence-electron chi connectivity index (χ0n) is 11.0. The Morgan fingerprint density at radius 2 is 1.71 bits per heavy atom. The Kier molecular flexibility index (Phi) is 4.16. The van der Waals surface area contributed by atoms with E-state index in [1.54, 1.807) is 6.92 Å². The minimum absolute atomic E-state index is 0.0388. The fraction of sp³-hybridized carbons (Fsp3) is 0.133. The number of carboxylic acids is 1. The lowest BCUT2D eigenvalue weighted by Crippen LogP contribution is -2.03. The monoisotopic (exact) mass is 296 g/mol. The van der Waals surface area contributed by atoms with Gasteiger partial charge in [-0.1, -0.05) is 6.07 Å². The Morgan fingerprint density at radius 1 is 1.10 bits per heavy atom. The van der Waals surface area contributed by atoms with Gasteiger partial charge < -0.3 is 9.84 Å². The molecule has 0 atom stereocenters. The quantitative estimate of drug-likeness (QED) is 0.871. The molecule has 0 aliphatic carbocycles. The summed E-state index contributed by atoms with van der Waals surface area (Å²) in [4.78, 5) is 11.2. The van der Waals surface area contributed by atoms with Crippen LogP contribution in [0, 0.1) is 17.5 Å².